The lowest BCUT2D eigenvalue weighted by Gasteiger charge is -2.21. The van der Waals surface area contributed by atoms with Crippen LogP contribution >= 0.6 is 0 Å². The van der Waals surface area contributed by atoms with E-state index < -0.39 is 0 Å². The minimum absolute atomic E-state index is 0.878. The molecule has 8 bridgehead atoms. The third kappa shape index (κ3) is 9.69. The van der Waals surface area contributed by atoms with Crippen LogP contribution in [0.25, 0.3) is 22.3 Å². The van der Waals surface area contributed by atoms with Gasteiger partial charge in [0.05, 0.1) is 34.0 Å². The van der Waals surface area contributed by atoms with Crippen LogP contribution in [0.3, 0.4) is 0 Å². The smallest absolute Gasteiger partial charge is 0.218 e. The summed E-state index contributed by atoms with van der Waals surface area (Å²) in [6.45, 7) is 11.6. The van der Waals surface area contributed by atoms with Crippen LogP contribution in [0, 0.1) is 20.8 Å². The summed E-state index contributed by atoms with van der Waals surface area (Å²) in [5.41, 5.74) is 22.3. The number of hydrogen-bond acceptors (Lipinski definition) is 4. The third-order valence-corrected chi connectivity index (χ3v) is 13.9. The SMILES string of the molecule is CCCCN1C=CC(=C2C=CN(CCCC[n+]3ccc(C4=C5C=CC(=N5)C(c5ccc(C)cc5)=C5C=CC(=[NH+]5)C(c5ccc(C)cc5)=C5C=CC(=[NH+]5)C(c5ccc(C)cc5)=C5C=CC4=N5)cc3)C=C2)C=C1. The highest BCUT2D eigenvalue weighted by Gasteiger charge is 2.33. The number of hydrogen-bond donors (Lipinski definition) is 2. The molecule has 0 unspecified atom stereocenters. The van der Waals surface area contributed by atoms with Crippen LogP contribution in [0.4, 0.5) is 0 Å². The summed E-state index contributed by atoms with van der Waals surface area (Å²) in [4.78, 5) is 23.4. The topological polar surface area (TPSA) is 63.0 Å². The van der Waals surface area contributed by atoms with E-state index in [0.717, 1.165) is 123 Å². The Morgan fingerprint density at radius 2 is 0.859 bits per heavy atom. The van der Waals surface area contributed by atoms with Gasteiger partial charge in [0.15, 0.2) is 12.4 Å². The van der Waals surface area contributed by atoms with Crippen molar-refractivity contribution in [1.82, 2.24) is 9.80 Å². The lowest BCUT2D eigenvalue weighted by Crippen LogP contribution is -2.71. The maximum absolute atomic E-state index is 5.51. The largest absolute Gasteiger partial charge is 0.354 e. The molecule has 0 amide bonds. The third-order valence-electron chi connectivity index (χ3n) is 13.9. The van der Waals surface area contributed by atoms with Crippen molar-refractivity contribution in [2.24, 2.45) is 9.98 Å². The molecule has 8 heterocycles. The summed E-state index contributed by atoms with van der Waals surface area (Å²) in [5, 5.41) is 0. The maximum atomic E-state index is 5.51. The molecule has 7 heteroatoms. The normalized spacial score (nSPS) is 17.8. The Kier molecular flexibility index (Phi) is 12.7. The number of fused-ring (bicyclic) bond motifs is 4. The minimum Gasteiger partial charge on any atom is -0.354 e. The number of nitrogens with zero attached hydrogens (tertiary/aromatic N) is 5. The molecule has 71 heavy (non-hydrogen) atoms. The molecule has 0 fully saturated rings. The zero-order chi connectivity index (χ0) is 48.3. The molecule has 0 spiro atoms. The van der Waals surface area contributed by atoms with Crippen molar-refractivity contribution in [3.63, 3.8) is 0 Å². The van der Waals surface area contributed by atoms with Gasteiger partial charge in [-0.25, -0.2) is 24.5 Å². The molecule has 0 aliphatic carbocycles. The zero-order valence-electron chi connectivity index (χ0n) is 41.2. The fourth-order valence-electron chi connectivity index (χ4n) is 9.88. The van der Waals surface area contributed by atoms with Crippen LogP contribution in [0.1, 0.15) is 71.6 Å². The lowest BCUT2D eigenvalue weighted by molar-refractivity contribution is -0.697. The molecule has 4 aromatic rings. The second kappa shape index (κ2) is 20.0. The number of benzene rings is 3. The van der Waals surface area contributed by atoms with Gasteiger partial charge in [0.1, 0.15) is 12.1 Å². The van der Waals surface area contributed by atoms with E-state index in [0.29, 0.717) is 0 Å². The van der Waals surface area contributed by atoms with Crippen LogP contribution < -0.4 is 14.6 Å². The number of aliphatic imine (C=N–C) groups is 2. The number of aromatic nitrogens is 1. The number of rotatable bonds is 12. The van der Waals surface area contributed by atoms with Crippen molar-refractivity contribution in [2.75, 3.05) is 13.1 Å². The summed E-state index contributed by atoms with van der Waals surface area (Å²) in [5.74, 6) is 0. The van der Waals surface area contributed by atoms with Gasteiger partial charge in [-0.2, -0.15) is 0 Å². The molecule has 0 atom stereocenters. The van der Waals surface area contributed by atoms with Crippen molar-refractivity contribution in [2.45, 2.75) is 59.9 Å². The number of allylic oxidation sites excluding steroid dienone is 18. The quantitative estimate of drug-likeness (QED) is 0.110. The second-order valence-electron chi connectivity index (χ2n) is 19.1. The summed E-state index contributed by atoms with van der Waals surface area (Å²) in [6.07, 6.45) is 44.2. The molecule has 0 saturated carbocycles. The van der Waals surface area contributed by atoms with E-state index in [2.05, 4.69) is 247 Å². The first-order valence-electron chi connectivity index (χ1n) is 25.2. The average Bonchev–Trinajstić information content (AvgIpc) is 4.26. The zero-order valence-corrected chi connectivity index (χ0v) is 41.2. The molecule has 0 saturated heterocycles. The fraction of sp³-hybridized carbons (Fsp3) is 0.172. The molecule has 11 rings (SSSR count). The van der Waals surface area contributed by atoms with Crippen LogP contribution in [0.2, 0.25) is 0 Å². The van der Waals surface area contributed by atoms with Gasteiger partial charge in [0, 0.05) is 86.3 Å². The van der Waals surface area contributed by atoms with E-state index in [1.807, 2.05) is 0 Å². The average molecular weight is 927 g/mol. The Labute approximate surface area is 418 Å². The van der Waals surface area contributed by atoms with E-state index in [4.69, 9.17) is 9.98 Å². The Hall–Kier alpha value is -8.29. The van der Waals surface area contributed by atoms with Crippen molar-refractivity contribution >= 4 is 45.1 Å². The molecule has 3 aromatic carbocycles. The van der Waals surface area contributed by atoms with Gasteiger partial charge in [-0.1, -0.05) is 103 Å². The Morgan fingerprint density at radius 1 is 0.423 bits per heavy atom. The number of nitrogens with one attached hydrogen (secondary N) is 2. The van der Waals surface area contributed by atoms with Crippen molar-refractivity contribution in [3.05, 3.63) is 268 Å². The van der Waals surface area contributed by atoms with E-state index in [9.17, 15) is 0 Å². The molecule has 7 aliphatic rings. The maximum Gasteiger partial charge on any atom is 0.218 e. The van der Waals surface area contributed by atoms with Crippen LogP contribution in [-0.2, 0) is 6.54 Å². The predicted octanol–water partition coefficient (Wildman–Crippen LogP) is 9.63. The predicted molar refractivity (Wildman–Crippen MR) is 292 cm³/mol. The van der Waals surface area contributed by atoms with Gasteiger partial charge in [-0.05, 0) is 116 Å². The molecule has 0 radical (unpaired) electrons. The molecule has 7 aliphatic heterocycles. The molecular formula is C64H60N7+3. The standard InChI is InChI=1S/C64H58N7/c1-5-6-35-69-38-29-47(30-39-69)48-31-40-70(41-32-48)36-7-8-37-71-42-33-52(34-43-71)64-59-27-25-57(67-59)62(50-17-11-45(3)12-18-50)55-23-21-53(65-55)61(49-15-9-44(2)10-16-49)54-22-24-56(66-54)63(58-26-28-60(64)68-58)51-19-13-46(4)14-20-51/h9-34,38-43H,5-8,35-37H2,1-4H3/q+1/p+2. The van der Waals surface area contributed by atoms with E-state index >= 15 is 0 Å². The van der Waals surface area contributed by atoms with Crippen molar-refractivity contribution in [3.8, 4) is 0 Å². The van der Waals surface area contributed by atoms with E-state index in [1.54, 1.807) is 0 Å². The van der Waals surface area contributed by atoms with Gasteiger partial charge < -0.3 is 9.80 Å². The summed E-state index contributed by atoms with van der Waals surface area (Å²) >= 11 is 0. The highest BCUT2D eigenvalue weighted by molar-refractivity contribution is 6.37. The van der Waals surface area contributed by atoms with Gasteiger partial charge in [-0.3, -0.25) is 0 Å². The first-order chi connectivity index (χ1) is 34.8. The summed E-state index contributed by atoms with van der Waals surface area (Å²) < 4.78 is 2.29. The molecule has 7 nitrogen and oxygen atoms in total. The minimum atomic E-state index is 0.878. The Bertz CT molecular complexity index is 3280. The fourth-order valence-corrected chi connectivity index (χ4v) is 9.88. The first kappa shape index (κ1) is 45.2. The highest BCUT2D eigenvalue weighted by atomic mass is 15.1. The number of pyridine rings is 1. The monoisotopic (exact) mass is 926 g/mol. The van der Waals surface area contributed by atoms with E-state index in [1.165, 1.54) is 40.7 Å². The van der Waals surface area contributed by atoms with Gasteiger partial charge in [-0.15, -0.1) is 0 Å². The molecular weight excluding hydrogens is 867 g/mol. The summed E-state index contributed by atoms with van der Waals surface area (Å²) in [6, 6.07) is 30.8. The first-order valence-corrected chi connectivity index (χ1v) is 25.2. The van der Waals surface area contributed by atoms with Crippen LogP contribution in [-0.4, -0.2) is 45.7 Å². The Balaban J connectivity index is 0.929. The summed E-state index contributed by atoms with van der Waals surface area (Å²) in [7, 11) is 0. The second-order valence-corrected chi connectivity index (χ2v) is 19.1. The van der Waals surface area contributed by atoms with Gasteiger partial charge >= 0.3 is 0 Å². The van der Waals surface area contributed by atoms with E-state index in [-0.39, 0.29) is 0 Å². The van der Waals surface area contributed by atoms with Gasteiger partial charge in [0.25, 0.3) is 0 Å². The van der Waals surface area contributed by atoms with Crippen LogP contribution in [0.15, 0.2) is 239 Å². The van der Waals surface area contributed by atoms with Gasteiger partial charge in [0.2, 0.25) is 22.8 Å². The molecule has 348 valence electrons. The number of aryl methyl sites for hydroxylation is 4. The molecule has 1 aromatic heterocycles. The molecule has 2 N–H and O–H groups in total. The van der Waals surface area contributed by atoms with Crippen molar-refractivity contribution < 1.29 is 14.6 Å². The number of unbranched alkanes of at least 4 members (excludes halogenated alkanes) is 2. The van der Waals surface area contributed by atoms with Crippen molar-refractivity contribution in [1.29, 1.82) is 0 Å². The Morgan fingerprint density at radius 3 is 1.39 bits per heavy atom. The van der Waals surface area contributed by atoms with Crippen LogP contribution in [0.5, 0.6) is 0 Å². The highest BCUT2D eigenvalue weighted by Crippen LogP contribution is 2.35. The lowest BCUT2D eigenvalue weighted by atomic mass is 9.97.